The van der Waals surface area contributed by atoms with E-state index in [2.05, 4.69) is 10.1 Å². The zero-order valence-electron chi connectivity index (χ0n) is 15.1. The average molecular weight is 445 g/mol. The highest BCUT2D eigenvalue weighted by Gasteiger charge is 2.48. The normalized spacial score (nSPS) is 18.9. The van der Waals surface area contributed by atoms with Crippen LogP contribution in [0.5, 0.6) is 11.5 Å². The van der Waals surface area contributed by atoms with Gasteiger partial charge in [-0.15, -0.1) is 0 Å². The van der Waals surface area contributed by atoms with E-state index in [-0.39, 0.29) is 18.9 Å². The van der Waals surface area contributed by atoms with E-state index in [1.807, 2.05) is 0 Å². The topological polar surface area (TPSA) is 67.9 Å². The smallest absolute Gasteiger partial charge is 0.387 e. The summed E-state index contributed by atoms with van der Waals surface area (Å²) in [6, 6.07) is 9.63. The van der Waals surface area contributed by atoms with Crippen molar-refractivity contribution in [3.05, 3.63) is 58.1 Å². The molecule has 10 heteroatoms. The fraction of sp³-hybridized carbons (Fsp3) is 0.263. The Bertz CT molecular complexity index is 927. The van der Waals surface area contributed by atoms with Crippen LogP contribution in [0.25, 0.3) is 0 Å². The first kappa shape index (κ1) is 21.1. The Balaban J connectivity index is 1.66. The number of imide groups is 1. The Kier molecular flexibility index (Phi) is 6.14. The average Bonchev–Trinajstić information content (AvgIpc) is 2.87. The second kappa shape index (κ2) is 8.42. The number of alkyl halides is 2. The molecule has 1 heterocycles. The van der Waals surface area contributed by atoms with Gasteiger partial charge in [0.15, 0.2) is 0 Å². The fourth-order valence-electron chi connectivity index (χ4n) is 2.90. The number of hydrogen-bond acceptors (Lipinski definition) is 4. The zero-order valence-corrected chi connectivity index (χ0v) is 16.6. The fourth-order valence-corrected chi connectivity index (χ4v) is 3.37. The lowest BCUT2D eigenvalue weighted by Gasteiger charge is -2.22. The van der Waals surface area contributed by atoms with E-state index in [1.54, 1.807) is 12.1 Å². The number of nitrogens with one attached hydrogen (secondary N) is 1. The van der Waals surface area contributed by atoms with Gasteiger partial charge < -0.3 is 14.8 Å². The molecular formula is C19H16Cl2F2N2O4. The number of hydrogen-bond donors (Lipinski definition) is 1. The molecule has 3 rings (SSSR count). The van der Waals surface area contributed by atoms with Gasteiger partial charge in [0.1, 0.15) is 23.6 Å². The molecule has 1 unspecified atom stereocenters. The standard InChI is InChI=1S/C19H16Cl2F2N2O4/c1-19(11-2-5-13(6-3-11)29-17(22)23)16(26)25(18(27)24-19)8-9-28-15-7-4-12(20)10-14(15)21/h2-7,10,17H,8-9H2,1H3,(H,24,27). The lowest BCUT2D eigenvalue weighted by Crippen LogP contribution is -2.41. The number of rotatable bonds is 7. The molecule has 3 amide bonds. The first-order valence-corrected chi connectivity index (χ1v) is 9.23. The van der Waals surface area contributed by atoms with Crippen LogP contribution in [0.3, 0.4) is 0 Å². The quantitative estimate of drug-likeness (QED) is 0.640. The summed E-state index contributed by atoms with van der Waals surface area (Å²) in [7, 11) is 0. The second-order valence-corrected chi connectivity index (χ2v) is 7.18. The van der Waals surface area contributed by atoms with Crippen LogP contribution in [-0.2, 0) is 10.3 Å². The van der Waals surface area contributed by atoms with Crippen molar-refractivity contribution in [3.63, 3.8) is 0 Å². The molecule has 2 aromatic rings. The summed E-state index contributed by atoms with van der Waals surface area (Å²) >= 11 is 11.9. The third-order valence-corrected chi connectivity index (χ3v) is 4.93. The van der Waals surface area contributed by atoms with E-state index in [9.17, 15) is 18.4 Å². The molecule has 0 spiro atoms. The lowest BCUT2D eigenvalue weighted by atomic mass is 9.92. The van der Waals surface area contributed by atoms with E-state index in [4.69, 9.17) is 27.9 Å². The van der Waals surface area contributed by atoms with E-state index in [0.717, 1.165) is 4.90 Å². The summed E-state index contributed by atoms with van der Waals surface area (Å²) in [6.45, 7) is -1.40. The van der Waals surface area contributed by atoms with Crippen LogP contribution in [0.4, 0.5) is 13.6 Å². The molecule has 6 nitrogen and oxygen atoms in total. The third-order valence-electron chi connectivity index (χ3n) is 4.40. The van der Waals surface area contributed by atoms with Crippen molar-refractivity contribution in [1.82, 2.24) is 10.2 Å². The van der Waals surface area contributed by atoms with Gasteiger partial charge in [-0.1, -0.05) is 35.3 Å². The van der Waals surface area contributed by atoms with Crippen molar-refractivity contribution in [1.29, 1.82) is 0 Å². The number of urea groups is 1. The van der Waals surface area contributed by atoms with Crippen molar-refractivity contribution >= 4 is 35.1 Å². The molecule has 1 atom stereocenters. The highest BCUT2D eigenvalue weighted by molar-refractivity contribution is 6.35. The molecule has 1 saturated heterocycles. The molecular weight excluding hydrogens is 429 g/mol. The van der Waals surface area contributed by atoms with Gasteiger partial charge in [-0.2, -0.15) is 8.78 Å². The Morgan fingerprint density at radius 3 is 2.45 bits per heavy atom. The summed E-state index contributed by atoms with van der Waals surface area (Å²) in [5.74, 6) is -0.162. The van der Waals surface area contributed by atoms with Crippen molar-refractivity contribution in [3.8, 4) is 11.5 Å². The summed E-state index contributed by atoms with van der Waals surface area (Å²) in [5.41, 5.74) is -0.903. The molecule has 29 heavy (non-hydrogen) atoms. The van der Waals surface area contributed by atoms with Gasteiger partial charge in [0.2, 0.25) is 0 Å². The van der Waals surface area contributed by atoms with E-state index in [1.165, 1.54) is 37.3 Å². The number of halogens is 4. The lowest BCUT2D eigenvalue weighted by molar-refractivity contribution is -0.131. The SMILES string of the molecule is CC1(c2ccc(OC(F)F)cc2)NC(=O)N(CCOc2ccc(Cl)cc2Cl)C1=O. The van der Waals surface area contributed by atoms with Gasteiger partial charge in [0, 0.05) is 5.02 Å². The molecule has 0 saturated carbocycles. The van der Waals surface area contributed by atoms with Crippen LogP contribution < -0.4 is 14.8 Å². The van der Waals surface area contributed by atoms with Crippen LogP contribution in [0.15, 0.2) is 42.5 Å². The van der Waals surface area contributed by atoms with E-state index >= 15 is 0 Å². The zero-order chi connectivity index (χ0) is 21.2. The Morgan fingerprint density at radius 1 is 1.14 bits per heavy atom. The minimum absolute atomic E-state index is 0.00815. The van der Waals surface area contributed by atoms with Crippen molar-refractivity contribution in [2.75, 3.05) is 13.2 Å². The van der Waals surface area contributed by atoms with Gasteiger partial charge in [-0.05, 0) is 42.8 Å². The monoisotopic (exact) mass is 444 g/mol. The maximum atomic E-state index is 12.8. The molecule has 1 fully saturated rings. The minimum atomic E-state index is -2.95. The molecule has 2 aromatic carbocycles. The van der Waals surface area contributed by atoms with Crippen molar-refractivity contribution in [2.45, 2.75) is 19.1 Å². The van der Waals surface area contributed by atoms with Gasteiger partial charge in [-0.3, -0.25) is 9.69 Å². The maximum Gasteiger partial charge on any atom is 0.387 e. The Morgan fingerprint density at radius 2 is 1.83 bits per heavy atom. The molecule has 0 bridgehead atoms. The third kappa shape index (κ3) is 4.54. The number of nitrogens with zero attached hydrogens (tertiary/aromatic N) is 1. The summed E-state index contributed by atoms with van der Waals surface area (Å²) < 4.78 is 34.4. The predicted octanol–water partition coefficient (Wildman–Crippen LogP) is 4.44. The first-order chi connectivity index (χ1) is 13.7. The van der Waals surface area contributed by atoms with Gasteiger partial charge in [-0.25, -0.2) is 4.79 Å². The van der Waals surface area contributed by atoms with Crippen LogP contribution in [-0.4, -0.2) is 36.6 Å². The van der Waals surface area contributed by atoms with Gasteiger partial charge in [0.25, 0.3) is 5.91 Å². The van der Waals surface area contributed by atoms with E-state index < -0.39 is 24.1 Å². The van der Waals surface area contributed by atoms with Gasteiger partial charge in [0.05, 0.1) is 11.6 Å². The first-order valence-electron chi connectivity index (χ1n) is 8.48. The van der Waals surface area contributed by atoms with Gasteiger partial charge >= 0.3 is 12.6 Å². The predicted molar refractivity (Wildman–Crippen MR) is 103 cm³/mol. The summed E-state index contributed by atoms with van der Waals surface area (Å²) in [5, 5.41) is 3.39. The van der Waals surface area contributed by atoms with Crippen LogP contribution in [0.2, 0.25) is 10.0 Å². The maximum absolute atomic E-state index is 12.8. The Labute approximate surface area is 175 Å². The van der Waals surface area contributed by atoms with Crippen molar-refractivity contribution in [2.24, 2.45) is 0 Å². The highest BCUT2D eigenvalue weighted by atomic mass is 35.5. The van der Waals surface area contributed by atoms with Crippen LogP contribution >= 0.6 is 23.2 Å². The Hall–Kier alpha value is -2.58. The molecule has 1 N–H and O–H groups in total. The minimum Gasteiger partial charge on any atom is -0.490 e. The molecule has 1 aliphatic rings. The number of ether oxygens (including phenoxy) is 2. The summed E-state index contributed by atoms with van der Waals surface area (Å²) in [4.78, 5) is 26.2. The molecule has 0 aromatic heterocycles. The molecule has 1 aliphatic heterocycles. The number of amides is 3. The number of carbonyl (C=O) groups is 2. The summed E-state index contributed by atoms with van der Waals surface area (Å²) in [6.07, 6.45) is 0. The van der Waals surface area contributed by atoms with Crippen molar-refractivity contribution < 1.29 is 27.8 Å². The number of carbonyl (C=O) groups excluding carboxylic acids is 2. The molecule has 0 radical (unpaired) electrons. The van der Waals surface area contributed by atoms with Crippen LogP contribution in [0, 0.1) is 0 Å². The second-order valence-electron chi connectivity index (χ2n) is 6.34. The van der Waals surface area contributed by atoms with Crippen LogP contribution in [0.1, 0.15) is 12.5 Å². The van der Waals surface area contributed by atoms with E-state index in [0.29, 0.717) is 21.4 Å². The number of benzene rings is 2. The highest BCUT2D eigenvalue weighted by Crippen LogP contribution is 2.31. The largest absolute Gasteiger partial charge is 0.490 e. The molecule has 154 valence electrons. The molecule has 0 aliphatic carbocycles.